The number of aromatic hydroxyl groups is 1. The third-order valence-electron chi connectivity index (χ3n) is 2.37. The molecule has 0 heterocycles. The average molecular weight is 248 g/mol. The maximum Gasteiger partial charge on any atom is 0.224 e. The summed E-state index contributed by atoms with van der Waals surface area (Å²) in [6.07, 6.45) is 1.86. The Balaban J connectivity index is 2.17. The van der Waals surface area contributed by atoms with Crippen LogP contribution in [0.2, 0.25) is 0 Å². The lowest BCUT2D eigenvalue weighted by molar-refractivity contribution is -0.120. The van der Waals surface area contributed by atoms with Crippen LogP contribution in [0.15, 0.2) is 29.4 Å². The van der Waals surface area contributed by atoms with E-state index in [4.69, 9.17) is 10.6 Å². The van der Waals surface area contributed by atoms with Gasteiger partial charge in [-0.25, -0.2) is 0 Å². The van der Waals surface area contributed by atoms with E-state index in [1.54, 1.807) is 24.3 Å². The molecule has 1 rings (SSSR count). The summed E-state index contributed by atoms with van der Waals surface area (Å²) in [5.41, 5.74) is 8.93. The van der Waals surface area contributed by atoms with Gasteiger partial charge in [-0.2, -0.15) is 0 Å². The summed E-state index contributed by atoms with van der Waals surface area (Å²) in [4.78, 5) is 14.2. The zero-order chi connectivity index (χ0) is 13.2. The Bertz CT molecular complexity index is 424. The van der Waals surface area contributed by atoms with Gasteiger partial charge in [0.25, 0.3) is 0 Å². The van der Waals surface area contributed by atoms with Gasteiger partial charge in [0, 0.05) is 18.0 Å². The molecule has 0 saturated carbocycles. The second-order valence-electron chi connectivity index (χ2n) is 3.85. The molecule has 0 unspecified atom stereocenters. The molecule has 0 saturated heterocycles. The number of unbranched alkanes of at least 4 members (excludes halogenated alkanes) is 1. The van der Waals surface area contributed by atoms with Crippen LogP contribution in [0, 0.1) is 0 Å². The molecule has 0 atom stereocenters. The van der Waals surface area contributed by atoms with Gasteiger partial charge in [0.1, 0.15) is 5.75 Å². The Hall–Kier alpha value is -2.20. The molecule has 1 amide bonds. The molecule has 0 fully saturated rings. The summed E-state index contributed by atoms with van der Waals surface area (Å²) < 4.78 is 0. The number of azide groups is 1. The maximum absolute atomic E-state index is 11.5. The quantitative estimate of drug-likeness (QED) is 0.334. The number of nitrogens with zero attached hydrogens (tertiary/aromatic N) is 3. The zero-order valence-corrected chi connectivity index (χ0v) is 10.0. The first kappa shape index (κ1) is 13.9. The van der Waals surface area contributed by atoms with E-state index >= 15 is 0 Å². The summed E-state index contributed by atoms with van der Waals surface area (Å²) in [7, 11) is 0. The Kier molecular flexibility index (Phi) is 6.14. The van der Waals surface area contributed by atoms with Crippen LogP contribution in [0.5, 0.6) is 5.75 Å². The number of amides is 1. The highest BCUT2D eigenvalue weighted by Crippen LogP contribution is 2.09. The lowest BCUT2D eigenvalue weighted by Gasteiger charge is -2.04. The highest BCUT2D eigenvalue weighted by atomic mass is 16.3. The van der Waals surface area contributed by atoms with Crippen molar-refractivity contribution in [3.8, 4) is 5.75 Å². The Labute approximate surface area is 105 Å². The summed E-state index contributed by atoms with van der Waals surface area (Å²) >= 11 is 0. The standard InChI is InChI=1S/C12H16N4O2/c13-16-15-8-2-1-7-14-12(18)9-10-3-5-11(17)6-4-10/h3-6,17H,1-2,7-9H2,(H,14,18). The largest absolute Gasteiger partial charge is 0.508 e. The highest BCUT2D eigenvalue weighted by molar-refractivity contribution is 5.78. The molecule has 0 spiro atoms. The van der Waals surface area contributed by atoms with Gasteiger partial charge in [-0.05, 0) is 36.1 Å². The highest BCUT2D eigenvalue weighted by Gasteiger charge is 2.02. The fraction of sp³-hybridized carbons (Fsp3) is 0.417. The molecule has 0 aliphatic rings. The van der Waals surface area contributed by atoms with E-state index in [0.717, 1.165) is 18.4 Å². The van der Waals surface area contributed by atoms with Crippen molar-refractivity contribution in [3.05, 3.63) is 40.3 Å². The van der Waals surface area contributed by atoms with Gasteiger partial charge in [-0.15, -0.1) is 0 Å². The number of carbonyl (C=O) groups excluding carboxylic acids is 1. The fourth-order valence-electron chi connectivity index (χ4n) is 1.44. The van der Waals surface area contributed by atoms with Crippen molar-refractivity contribution in [1.82, 2.24) is 5.32 Å². The maximum atomic E-state index is 11.5. The first-order chi connectivity index (χ1) is 8.72. The van der Waals surface area contributed by atoms with Gasteiger partial charge < -0.3 is 10.4 Å². The number of rotatable bonds is 7. The first-order valence-corrected chi connectivity index (χ1v) is 5.78. The van der Waals surface area contributed by atoms with Crippen molar-refractivity contribution < 1.29 is 9.90 Å². The summed E-state index contributed by atoms with van der Waals surface area (Å²) in [5.74, 6) is 0.140. The first-order valence-electron chi connectivity index (χ1n) is 5.78. The second-order valence-corrected chi connectivity index (χ2v) is 3.85. The molecule has 0 bridgehead atoms. The van der Waals surface area contributed by atoms with Gasteiger partial charge in [-0.3, -0.25) is 4.79 Å². The number of nitrogens with one attached hydrogen (secondary N) is 1. The normalized spacial score (nSPS) is 9.56. The summed E-state index contributed by atoms with van der Waals surface area (Å²) in [6, 6.07) is 6.55. The van der Waals surface area contributed by atoms with E-state index in [1.165, 1.54) is 0 Å². The number of carbonyl (C=O) groups is 1. The number of phenolic OH excluding ortho intramolecular Hbond substituents is 1. The number of hydrogen-bond donors (Lipinski definition) is 2. The van der Waals surface area contributed by atoms with Gasteiger partial charge >= 0.3 is 0 Å². The van der Waals surface area contributed by atoms with Crippen molar-refractivity contribution in [1.29, 1.82) is 0 Å². The molecule has 6 heteroatoms. The predicted octanol–water partition coefficient (Wildman–Crippen LogP) is 2.14. The number of phenols is 1. The molecule has 1 aromatic carbocycles. The number of hydrogen-bond acceptors (Lipinski definition) is 3. The van der Waals surface area contributed by atoms with E-state index in [0.29, 0.717) is 19.5 Å². The molecule has 96 valence electrons. The SMILES string of the molecule is [N-]=[N+]=NCCCCNC(=O)Cc1ccc(O)cc1. The third kappa shape index (κ3) is 5.77. The van der Waals surface area contributed by atoms with Crippen molar-refractivity contribution in [2.45, 2.75) is 19.3 Å². The molecule has 0 radical (unpaired) electrons. The minimum atomic E-state index is -0.0514. The van der Waals surface area contributed by atoms with E-state index in [2.05, 4.69) is 15.3 Å². The summed E-state index contributed by atoms with van der Waals surface area (Å²) in [6.45, 7) is 1.04. The fourth-order valence-corrected chi connectivity index (χ4v) is 1.44. The molecule has 0 aliphatic heterocycles. The van der Waals surface area contributed by atoms with E-state index in [1.807, 2.05) is 0 Å². The molecular weight excluding hydrogens is 232 g/mol. The van der Waals surface area contributed by atoms with E-state index in [-0.39, 0.29) is 11.7 Å². The smallest absolute Gasteiger partial charge is 0.224 e. The minimum Gasteiger partial charge on any atom is -0.508 e. The molecule has 0 aliphatic carbocycles. The van der Waals surface area contributed by atoms with Gasteiger partial charge in [0.2, 0.25) is 5.91 Å². The Morgan fingerprint density at radius 1 is 1.33 bits per heavy atom. The monoisotopic (exact) mass is 248 g/mol. The lowest BCUT2D eigenvalue weighted by Crippen LogP contribution is -2.26. The molecule has 0 aromatic heterocycles. The van der Waals surface area contributed by atoms with E-state index < -0.39 is 0 Å². The van der Waals surface area contributed by atoms with Crippen LogP contribution in [-0.4, -0.2) is 24.1 Å². The topological polar surface area (TPSA) is 98.1 Å². The lowest BCUT2D eigenvalue weighted by atomic mass is 10.1. The van der Waals surface area contributed by atoms with Crippen LogP contribution in [0.4, 0.5) is 0 Å². The van der Waals surface area contributed by atoms with Crippen LogP contribution in [0.1, 0.15) is 18.4 Å². The Morgan fingerprint density at radius 3 is 2.72 bits per heavy atom. The van der Waals surface area contributed by atoms with Crippen molar-refractivity contribution in [2.75, 3.05) is 13.1 Å². The van der Waals surface area contributed by atoms with Crippen LogP contribution < -0.4 is 5.32 Å². The van der Waals surface area contributed by atoms with E-state index in [9.17, 15) is 4.79 Å². The summed E-state index contributed by atoms with van der Waals surface area (Å²) in [5, 5.41) is 15.3. The Morgan fingerprint density at radius 2 is 2.06 bits per heavy atom. The van der Waals surface area contributed by atoms with Crippen molar-refractivity contribution in [2.24, 2.45) is 5.11 Å². The predicted molar refractivity (Wildman–Crippen MR) is 68.1 cm³/mol. The van der Waals surface area contributed by atoms with Gasteiger partial charge in [0.15, 0.2) is 0 Å². The molecule has 2 N–H and O–H groups in total. The third-order valence-corrected chi connectivity index (χ3v) is 2.37. The second kappa shape index (κ2) is 7.97. The number of benzene rings is 1. The molecular formula is C12H16N4O2. The molecule has 1 aromatic rings. The van der Waals surface area contributed by atoms with Crippen LogP contribution in [-0.2, 0) is 11.2 Å². The molecule has 18 heavy (non-hydrogen) atoms. The van der Waals surface area contributed by atoms with Crippen molar-refractivity contribution >= 4 is 5.91 Å². The zero-order valence-electron chi connectivity index (χ0n) is 10.0. The van der Waals surface area contributed by atoms with Gasteiger partial charge in [-0.1, -0.05) is 17.2 Å². The average Bonchev–Trinajstić information content (AvgIpc) is 2.36. The van der Waals surface area contributed by atoms with Gasteiger partial charge in [0.05, 0.1) is 6.42 Å². The molecule has 6 nitrogen and oxygen atoms in total. The minimum absolute atomic E-state index is 0.0514. The van der Waals surface area contributed by atoms with Crippen LogP contribution >= 0.6 is 0 Å². The van der Waals surface area contributed by atoms with Crippen LogP contribution in [0.3, 0.4) is 0 Å². The van der Waals surface area contributed by atoms with Crippen LogP contribution in [0.25, 0.3) is 10.4 Å². The van der Waals surface area contributed by atoms with Crippen molar-refractivity contribution in [3.63, 3.8) is 0 Å².